The number of benzene rings is 1. The first-order valence-electron chi connectivity index (χ1n) is 6.78. The standard InChI is InChI=1S/C15H21N3O2/c1-9-8-11(10-6-4-5-7-12(10)17-9)13(19)18-15(2,3)14(16)20/h4-7,9,11,17H,8H2,1-3H3,(H2,16,20)(H,18,19). The molecule has 0 aliphatic carbocycles. The van der Waals surface area contributed by atoms with Gasteiger partial charge < -0.3 is 16.4 Å². The quantitative estimate of drug-likeness (QED) is 0.778. The third kappa shape index (κ3) is 2.76. The van der Waals surface area contributed by atoms with Gasteiger partial charge in [-0.05, 0) is 38.8 Å². The molecule has 0 radical (unpaired) electrons. The van der Waals surface area contributed by atoms with E-state index in [-0.39, 0.29) is 17.9 Å². The summed E-state index contributed by atoms with van der Waals surface area (Å²) in [6, 6.07) is 7.96. The fraction of sp³-hybridized carbons (Fsp3) is 0.467. The van der Waals surface area contributed by atoms with Gasteiger partial charge in [0.2, 0.25) is 11.8 Å². The number of hydrogen-bond donors (Lipinski definition) is 3. The zero-order valence-corrected chi connectivity index (χ0v) is 12.1. The molecule has 2 unspecified atom stereocenters. The number of carbonyl (C=O) groups excluding carboxylic acids is 2. The Morgan fingerprint density at radius 2 is 2.00 bits per heavy atom. The summed E-state index contributed by atoms with van der Waals surface area (Å²) >= 11 is 0. The van der Waals surface area contributed by atoms with E-state index in [2.05, 4.69) is 10.6 Å². The summed E-state index contributed by atoms with van der Waals surface area (Å²) in [6.45, 7) is 5.27. The molecule has 0 aromatic heterocycles. The van der Waals surface area contributed by atoms with Crippen molar-refractivity contribution in [3.63, 3.8) is 0 Å². The van der Waals surface area contributed by atoms with Crippen LogP contribution in [0.15, 0.2) is 24.3 Å². The average Bonchev–Trinajstić information content (AvgIpc) is 2.36. The van der Waals surface area contributed by atoms with Gasteiger partial charge in [-0.3, -0.25) is 9.59 Å². The SMILES string of the molecule is CC1CC(C(=O)NC(C)(C)C(N)=O)c2ccccc2N1. The summed E-state index contributed by atoms with van der Waals surface area (Å²) in [5.41, 5.74) is 6.20. The summed E-state index contributed by atoms with van der Waals surface area (Å²) < 4.78 is 0. The molecule has 0 saturated heterocycles. The smallest absolute Gasteiger partial charge is 0.242 e. The van der Waals surface area contributed by atoms with Crippen LogP contribution in [0.5, 0.6) is 0 Å². The van der Waals surface area contributed by atoms with E-state index < -0.39 is 11.4 Å². The second kappa shape index (κ2) is 5.15. The molecule has 0 fully saturated rings. The van der Waals surface area contributed by atoms with Crippen LogP contribution in [0.4, 0.5) is 5.69 Å². The molecule has 5 heteroatoms. The van der Waals surface area contributed by atoms with Crippen LogP contribution < -0.4 is 16.4 Å². The molecule has 1 heterocycles. The van der Waals surface area contributed by atoms with Crippen LogP contribution >= 0.6 is 0 Å². The van der Waals surface area contributed by atoms with Gasteiger partial charge >= 0.3 is 0 Å². The zero-order valence-electron chi connectivity index (χ0n) is 12.1. The minimum atomic E-state index is -1.04. The van der Waals surface area contributed by atoms with Crippen molar-refractivity contribution in [2.24, 2.45) is 5.73 Å². The van der Waals surface area contributed by atoms with E-state index in [1.807, 2.05) is 31.2 Å². The van der Waals surface area contributed by atoms with Crippen LogP contribution in [0.1, 0.15) is 38.7 Å². The largest absolute Gasteiger partial charge is 0.382 e. The molecule has 20 heavy (non-hydrogen) atoms. The minimum Gasteiger partial charge on any atom is -0.382 e. The summed E-state index contributed by atoms with van der Waals surface area (Å²) in [4.78, 5) is 23.8. The van der Waals surface area contributed by atoms with Crippen molar-refractivity contribution >= 4 is 17.5 Å². The lowest BCUT2D eigenvalue weighted by Crippen LogP contribution is -2.54. The van der Waals surface area contributed by atoms with Crippen molar-refractivity contribution in [2.75, 3.05) is 5.32 Å². The van der Waals surface area contributed by atoms with Gasteiger partial charge in [-0.25, -0.2) is 0 Å². The van der Waals surface area contributed by atoms with Crippen LogP contribution in [0, 0.1) is 0 Å². The number of hydrogen-bond acceptors (Lipinski definition) is 3. The first kappa shape index (κ1) is 14.4. The monoisotopic (exact) mass is 275 g/mol. The normalized spacial score (nSPS) is 21.6. The topological polar surface area (TPSA) is 84.2 Å². The highest BCUT2D eigenvalue weighted by molar-refractivity contribution is 5.93. The van der Waals surface area contributed by atoms with E-state index in [1.165, 1.54) is 0 Å². The van der Waals surface area contributed by atoms with Crippen LogP contribution in [-0.2, 0) is 9.59 Å². The van der Waals surface area contributed by atoms with E-state index in [4.69, 9.17) is 5.73 Å². The van der Waals surface area contributed by atoms with E-state index in [0.29, 0.717) is 6.42 Å². The maximum atomic E-state index is 12.5. The third-order valence-electron chi connectivity index (χ3n) is 3.70. The number of fused-ring (bicyclic) bond motifs is 1. The van der Waals surface area contributed by atoms with E-state index in [9.17, 15) is 9.59 Å². The van der Waals surface area contributed by atoms with Crippen LogP contribution in [0.3, 0.4) is 0 Å². The Morgan fingerprint density at radius 3 is 2.65 bits per heavy atom. The summed E-state index contributed by atoms with van der Waals surface area (Å²) in [5, 5.41) is 6.10. The summed E-state index contributed by atoms with van der Waals surface area (Å²) in [5.74, 6) is -0.961. The second-order valence-corrected chi connectivity index (χ2v) is 5.90. The zero-order chi connectivity index (χ0) is 14.9. The second-order valence-electron chi connectivity index (χ2n) is 5.90. The highest BCUT2D eigenvalue weighted by Crippen LogP contribution is 2.34. The molecule has 1 aromatic carbocycles. The molecule has 2 rings (SSSR count). The molecule has 1 aliphatic heterocycles. The molecule has 1 aromatic rings. The molecule has 4 N–H and O–H groups in total. The molecule has 108 valence electrons. The van der Waals surface area contributed by atoms with Crippen molar-refractivity contribution < 1.29 is 9.59 Å². The van der Waals surface area contributed by atoms with Crippen LogP contribution in [0.25, 0.3) is 0 Å². The lowest BCUT2D eigenvalue weighted by atomic mass is 9.86. The maximum Gasteiger partial charge on any atom is 0.242 e. The van der Waals surface area contributed by atoms with Crippen molar-refractivity contribution in [2.45, 2.75) is 44.7 Å². The Morgan fingerprint density at radius 1 is 1.35 bits per heavy atom. The number of amides is 2. The summed E-state index contributed by atoms with van der Waals surface area (Å²) in [7, 11) is 0. The van der Waals surface area contributed by atoms with Gasteiger partial charge in [-0.1, -0.05) is 18.2 Å². The van der Waals surface area contributed by atoms with Crippen molar-refractivity contribution in [3.8, 4) is 0 Å². The molecule has 2 amide bonds. The molecule has 1 aliphatic rings. The van der Waals surface area contributed by atoms with Gasteiger partial charge in [0, 0.05) is 11.7 Å². The van der Waals surface area contributed by atoms with Gasteiger partial charge in [0.05, 0.1) is 5.92 Å². The number of primary amides is 1. The van der Waals surface area contributed by atoms with E-state index >= 15 is 0 Å². The third-order valence-corrected chi connectivity index (χ3v) is 3.70. The first-order chi connectivity index (χ1) is 9.31. The predicted molar refractivity (Wildman–Crippen MR) is 78.3 cm³/mol. The van der Waals surface area contributed by atoms with Crippen LogP contribution in [-0.4, -0.2) is 23.4 Å². The summed E-state index contributed by atoms with van der Waals surface area (Å²) in [6.07, 6.45) is 0.692. The molecule has 0 bridgehead atoms. The van der Waals surface area contributed by atoms with Gasteiger partial charge in [0.1, 0.15) is 5.54 Å². The highest BCUT2D eigenvalue weighted by Gasteiger charge is 2.34. The van der Waals surface area contributed by atoms with Gasteiger partial charge in [0.25, 0.3) is 0 Å². The number of para-hydroxylation sites is 1. The average molecular weight is 275 g/mol. The number of anilines is 1. The van der Waals surface area contributed by atoms with Crippen LogP contribution in [0.2, 0.25) is 0 Å². The Hall–Kier alpha value is -2.04. The Kier molecular flexibility index (Phi) is 3.70. The number of nitrogens with two attached hydrogens (primary N) is 1. The number of carbonyl (C=O) groups is 2. The molecule has 0 spiro atoms. The van der Waals surface area contributed by atoms with Crippen molar-refractivity contribution in [1.82, 2.24) is 5.32 Å². The fourth-order valence-electron chi connectivity index (χ4n) is 2.44. The van der Waals surface area contributed by atoms with Crippen molar-refractivity contribution in [3.05, 3.63) is 29.8 Å². The van der Waals surface area contributed by atoms with Crippen molar-refractivity contribution in [1.29, 1.82) is 0 Å². The van der Waals surface area contributed by atoms with E-state index in [0.717, 1.165) is 11.3 Å². The van der Waals surface area contributed by atoms with Gasteiger partial charge in [-0.15, -0.1) is 0 Å². The number of rotatable bonds is 3. The lowest BCUT2D eigenvalue weighted by Gasteiger charge is -2.32. The fourth-order valence-corrected chi connectivity index (χ4v) is 2.44. The van der Waals surface area contributed by atoms with Gasteiger partial charge in [-0.2, -0.15) is 0 Å². The molecule has 0 saturated carbocycles. The van der Waals surface area contributed by atoms with Gasteiger partial charge in [0.15, 0.2) is 0 Å². The predicted octanol–water partition coefficient (Wildman–Crippen LogP) is 1.35. The lowest BCUT2D eigenvalue weighted by molar-refractivity contribution is -0.131. The number of nitrogens with one attached hydrogen (secondary N) is 2. The Balaban J connectivity index is 2.25. The maximum absolute atomic E-state index is 12.5. The Labute approximate surface area is 118 Å². The highest BCUT2D eigenvalue weighted by atomic mass is 16.2. The molecular formula is C15H21N3O2. The first-order valence-corrected chi connectivity index (χ1v) is 6.78. The molecular weight excluding hydrogens is 254 g/mol. The van der Waals surface area contributed by atoms with E-state index in [1.54, 1.807) is 13.8 Å². The minimum absolute atomic E-state index is 0.158. The Bertz CT molecular complexity index is 540. The molecule has 2 atom stereocenters. The molecule has 5 nitrogen and oxygen atoms in total.